The second-order valence-corrected chi connectivity index (χ2v) is 10.00. The van der Waals surface area contributed by atoms with E-state index in [1.807, 2.05) is 0 Å². The fourth-order valence-corrected chi connectivity index (χ4v) is 7.79. The molecule has 0 spiro atoms. The summed E-state index contributed by atoms with van der Waals surface area (Å²) in [6.45, 7) is 0. The van der Waals surface area contributed by atoms with E-state index in [0.29, 0.717) is 0 Å². The Bertz CT molecular complexity index is 989. The van der Waals surface area contributed by atoms with Crippen LogP contribution in [0.3, 0.4) is 0 Å². The highest BCUT2D eigenvalue weighted by Crippen LogP contribution is 2.65. The highest BCUT2D eigenvalue weighted by molar-refractivity contribution is 7.74. The molecule has 1 heteroatoms. The quantitative estimate of drug-likeness (QED) is 0.317. The van der Waals surface area contributed by atoms with Crippen molar-refractivity contribution in [2.75, 3.05) is 0 Å². The minimum atomic E-state index is -0.802. The maximum atomic E-state index is 2.29. The lowest BCUT2D eigenvalue weighted by atomic mass is 9.78. The molecule has 0 heterocycles. The van der Waals surface area contributed by atoms with E-state index in [1.165, 1.54) is 27.7 Å². The van der Waals surface area contributed by atoms with Gasteiger partial charge < -0.3 is 0 Å². The standard InChI is InChI=1S/C30H24P/c1-5-15-25(16-6-1)30(27-19-13-14-20-27,26-17-7-2-8-18-26)31(28-21-9-3-10-22-28)29-23-11-4-12-24-29/h1-24H. The van der Waals surface area contributed by atoms with Gasteiger partial charge in [-0.1, -0.05) is 121 Å². The lowest BCUT2D eigenvalue weighted by Gasteiger charge is -2.47. The molecule has 0 nitrogen and oxygen atoms in total. The van der Waals surface area contributed by atoms with Crippen molar-refractivity contribution >= 4 is 18.5 Å². The third kappa shape index (κ3) is 3.75. The van der Waals surface area contributed by atoms with Gasteiger partial charge in [0.1, 0.15) is 0 Å². The van der Waals surface area contributed by atoms with Gasteiger partial charge in [-0.05, 0) is 55.3 Å². The highest BCUT2D eigenvalue weighted by atomic mass is 31.1. The third-order valence-corrected chi connectivity index (χ3v) is 8.90. The van der Waals surface area contributed by atoms with Gasteiger partial charge >= 0.3 is 0 Å². The Morgan fingerprint density at radius 2 is 0.774 bits per heavy atom. The molecule has 4 aromatic rings. The van der Waals surface area contributed by atoms with Crippen molar-refractivity contribution in [2.24, 2.45) is 0 Å². The van der Waals surface area contributed by atoms with E-state index in [4.69, 9.17) is 0 Å². The summed E-state index contributed by atoms with van der Waals surface area (Å²) in [5.74, 6) is 1.34. The molecule has 0 N–H and O–H groups in total. The van der Waals surface area contributed by atoms with Gasteiger partial charge in [0.15, 0.2) is 0 Å². The van der Waals surface area contributed by atoms with Crippen molar-refractivity contribution in [2.45, 2.75) is 5.16 Å². The molecule has 0 bridgehead atoms. The predicted octanol–water partition coefficient (Wildman–Crippen LogP) is 6.47. The molecule has 31 heavy (non-hydrogen) atoms. The first-order chi connectivity index (χ1) is 15.4. The summed E-state index contributed by atoms with van der Waals surface area (Å²) in [7, 11) is -0.802. The second kappa shape index (κ2) is 9.21. The van der Waals surface area contributed by atoms with Crippen molar-refractivity contribution in [3.8, 4) is 0 Å². The van der Waals surface area contributed by atoms with Crippen molar-refractivity contribution < 1.29 is 0 Å². The van der Waals surface area contributed by atoms with Gasteiger partial charge in [-0.2, -0.15) is 0 Å². The first-order valence-corrected chi connectivity index (χ1v) is 12.0. The van der Waals surface area contributed by atoms with Gasteiger partial charge in [0.25, 0.3) is 0 Å². The summed E-state index contributed by atoms with van der Waals surface area (Å²) in [4.78, 5) is 0. The topological polar surface area (TPSA) is 0 Å². The van der Waals surface area contributed by atoms with E-state index >= 15 is 0 Å². The summed E-state index contributed by atoms with van der Waals surface area (Å²) < 4.78 is 0. The second-order valence-electron chi connectivity index (χ2n) is 7.62. The Kier molecular flexibility index (Phi) is 6.01. The van der Waals surface area contributed by atoms with Crippen LogP contribution in [0.15, 0.2) is 121 Å². The summed E-state index contributed by atoms with van der Waals surface area (Å²) >= 11 is 0. The van der Waals surface area contributed by atoms with Gasteiger partial charge in [-0.25, -0.2) is 0 Å². The smallest absolute Gasteiger partial charge is 0.0550 e. The third-order valence-electron chi connectivity index (χ3n) is 5.83. The largest absolute Gasteiger partial charge is 0.0622 e. The van der Waals surface area contributed by atoms with Crippen LogP contribution < -0.4 is 10.6 Å². The highest BCUT2D eigenvalue weighted by Gasteiger charge is 2.50. The van der Waals surface area contributed by atoms with E-state index in [2.05, 4.69) is 147 Å². The summed E-state index contributed by atoms with van der Waals surface area (Å²) in [5, 5.41) is 2.44. The molecular formula is C30H24P. The van der Waals surface area contributed by atoms with Crippen molar-refractivity contribution in [3.63, 3.8) is 0 Å². The fraction of sp³-hybridized carbons (Fsp3) is 0.0333. The lowest BCUT2D eigenvalue weighted by Crippen LogP contribution is -2.39. The molecule has 1 aliphatic rings. The van der Waals surface area contributed by atoms with Crippen LogP contribution in [-0.2, 0) is 5.16 Å². The van der Waals surface area contributed by atoms with Gasteiger partial charge in [-0.3, -0.25) is 0 Å². The molecule has 0 amide bonds. The summed E-state index contributed by atoms with van der Waals surface area (Å²) in [5.41, 5.74) is 2.65. The molecule has 0 aliphatic heterocycles. The number of benzene rings is 4. The molecule has 149 valence electrons. The van der Waals surface area contributed by atoms with E-state index in [1.54, 1.807) is 0 Å². The Hall–Kier alpha value is -2.69. The van der Waals surface area contributed by atoms with Gasteiger partial charge in [0.2, 0.25) is 0 Å². The predicted molar refractivity (Wildman–Crippen MR) is 133 cm³/mol. The Morgan fingerprint density at radius 3 is 1.16 bits per heavy atom. The minimum absolute atomic E-state index is 0.302. The normalized spacial score (nSPS) is 14.7. The van der Waals surface area contributed by atoms with Crippen LogP contribution in [0.2, 0.25) is 0 Å². The number of hydrogen-bond donors (Lipinski definition) is 0. The summed E-state index contributed by atoms with van der Waals surface area (Å²) in [6.07, 6.45) is 8.92. The molecule has 0 aromatic heterocycles. The van der Waals surface area contributed by atoms with Crippen LogP contribution in [0.4, 0.5) is 0 Å². The number of rotatable bonds is 6. The monoisotopic (exact) mass is 415 g/mol. The number of hydrogen-bond acceptors (Lipinski definition) is 0. The van der Waals surface area contributed by atoms with E-state index < -0.39 is 7.92 Å². The first kappa shape index (κ1) is 20.2. The van der Waals surface area contributed by atoms with Crippen LogP contribution in [-0.4, -0.2) is 0 Å². The lowest BCUT2D eigenvalue weighted by molar-refractivity contribution is 0.793. The fourth-order valence-electron chi connectivity index (χ4n) is 4.55. The Morgan fingerprint density at radius 1 is 0.419 bits per heavy atom. The maximum Gasteiger partial charge on any atom is 0.0550 e. The molecule has 0 unspecified atom stereocenters. The average Bonchev–Trinajstić information content (AvgIpc) is 3.40. The van der Waals surface area contributed by atoms with Crippen LogP contribution >= 0.6 is 7.92 Å². The zero-order valence-corrected chi connectivity index (χ0v) is 18.2. The molecule has 5 radical (unpaired) electrons. The minimum Gasteiger partial charge on any atom is -0.0622 e. The molecule has 5 rings (SSSR count). The molecule has 0 saturated heterocycles. The first-order valence-electron chi connectivity index (χ1n) is 10.6. The van der Waals surface area contributed by atoms with Gasteiger partial charge in [0.05, 0.1) is 5.16 Å². The van der Waals surface area contributed by atoms with Crippen LogP contribution in [0.5, 0.6) is 0 Å². The molecule has 1 aliphatic carbocycles. The zero-order chi connectivity index (χ0) is 20.9. The molecule has 4 aromatic carbocycles. The van der Waals surface area contributed by atoms with Crippen LogP contribution in [0, 0.1) is 31.6 Å². The maximum absolute atomic E-state index is 2.29. The van der Waals surface area contributed by atoms with Crippen molar-refractivity contribution in [3.05, 3.63) is 164 Å². The SMILES string of the molecule is [CH]1[CH][CH][C](C(c2ccccc2)(c2ccccc2)P(c2ccccc2)c2ccccc2)[CH]1. The zero-order valence-electron chi connectivity index (χ0n) is 17.3. The van der Waals surface area contributed by atoms with Gasteiger partial charge in [0, 0.05) is 5.92 Å². The van der Waals surface area contributed by atoms with E-state index in [9.17, 15) is 0 Å². The van der Waals surface area contributed by atoms with Gasteiger partial charge in [-0.15, -0.1) is 0 Å². The Balaban J connectivity index is 1.87. The van der Waals surface area contributed by atoms with E-state index in [-0.39, 0.29) is 5.16 Å². The molecule has 1 fully saturated rings. The van der Waals surface area contributed by atoms with Crippen LogP contribution in [0.1, 0.15) is 11.1 Å². The Labute approximate surface area is 187 Å². The molecule has 1 saturated carbocycles. The molecule has 0 atom stereocenters. The van der Waals surface area contributed by atoms with E-state index in [0.717, 1.165) is 0 Å². The van der Waals surface area contributed by atoms with Crippen molar-refractivity contribution in [1.82, 2.24) is 0 Å². The summed E-state index contributed by atoms with van der Waals surface area (Å²) in [6, 6.07) is 44.1. The van der Waals surface area contributed by atoms with Crippen LogP contribution in [0.25, 0.3) is 0 Å². The molecular weight excluding hydrogens is 391 g/mol. The van der Waals surface area contributed by atoms with Crippen molar-refractivity contribution in [1.29, 1.82) is 0 Å². The average molecular weight is 415 g/mol.